The maximum absolute atomic E-state index is 13.6. The number of nitrogens with zero attached hydrogens (tertiary/aromatic N) is 2. The van der Waals surface area contributed by atoms with Crippen LogP contribution in [0, 0.1) is 5.92 Å². The van der Waals surface area contributed by atoms with E-state index in [1.807, 2.05) is 0 Å². The van der Waals surface area contributed by atoms with E-state index in [0.717, 1.165) is 25.7 Å². The number of carbonyl (C=O) groups is 2. The molecule has 4 rings (SSSR count). The molecule has 8 heteroatoms. The molecule has 3 aliphatic rings. The number of rotatable bonds is 2. The maximum atomic E-state index is 13.6. The smallest absolute Gasteiger partial charge is 0.256 e. The second-order valence-corrected chi connectivity index (χ2v) is 9.01. The lowest BCUT2D eigenvalue weighted by Gasteiger charge is -2.43. The van der Waals surface area contributed by atoms with E-state index in [-0.39, 0.29) is 18.4 Å². The van der Waals surface area contributed by atoms with Crippen LogP contribution in [0.4, 0.5) is 0 Å². The average Bonchev–Trinajstić information content (AvgIpc) is 3.10. The molecule has 0 bridgehead atoms. The van der Waals surface area contributed by atoms with Gasteiger partial charge in [0, 0.05) is 18.7 Å². The van der Waals surface area contributed by atoms with E-state index >= 15 is 0 Å². The molecule has 2 aliphatic heterocycles. The first-order valence-electron chi connectivity index (χ1n) is 10.2. The first-order valence-corrected chi connectivity index (χ1v) is 11.0. The van der Waals surface area contributed by atoms with Gasteiger partial charge in [0.2, 0.25) is 5.91 Å². The van der Waals surface area contributed by atoms with Crippen molar-refractivity contribution in [1.29, 1.82) is 0 Å². The van der Waals surface area contributed by atoms with Crippen LogP contribution < -0.4 is 0 Å². The molecule has 1 spiro atoms. The fourth-order valence-electron chi connectivity index (χ4n) is 4.53. The Kier molecular flexibility index (Phi) is 6.07. The molecule has 6 nitrogen and oxygen atoms in total. The molecule has 0 aromatic heterocycles. The number of morpholine rings is 1. The number of benzene rings is 1. The molecule has 158 valence electrons. The molecular formula is C21H26Cl2N2O4. The highest BCUT2D eigenvalue weighted by molar-refractivity contribution is 6.42. The number of carbonyl (C=O) groups excluding carboxylic acids is 2. The van der Waals surface area contributed by atoms with E-state index in [0.29, 0.717) is 47.8 Å². The van der Waals surface area contributed by atoms with Gasteiger partial charge in [-0.25, -0.2) is 0 Å². The monoisotopic (exact) mass is 440 g/mol. The van der Waals surface area contributed by atoms with Gasteiger partial charge >= 0.3 is 0 Å². The van der Waals surface area contributed by atoms with E-state index in [2.05, 4.69) is 6.92 Å². The van der Waals surface area contributed by atoms with Gasteiger partial charge in [-0.2, -0.15) is 0 Å². The van der Waals surface area contributed by atoms with Gasteiger partial charge in [0.15, 0.2) is 0 Å². The Bertz CT molecular complexity index is 789. The summed E-state index contributed by atoms with van der Waals surface area (Å²) in [6, 6.07) is 4.20. The molecule has 3 fully saturated rings. The van der Waals surface area contributed by atoms with Crippen LogP contribution in [0.2, 0.25) is 10.0 Å². The fourth-order valence-corrected chi connectivity index (χ4v) is 4.83. The number of amides is 2. The zero-order chi connectivity index (χ0) is 20.6. The van der Waals surface area contributed by atoms with Crippen LogP contribution >= 0.6 is 23.2 Å². The number of hydrogen-bond donors (Lipinski definition) is 0. The predicted molar refractivity (Wildman–Crippen MR) is 110 cm³/mol. The first kappa shape index (κ1) is 20.9. The van der Waals surface area contributed by atoms with Gasteiger partial charge in [-0.05, 0) is 49.8 Å². The molecule has 1 aromatic carbocycles. The Morgan fingerprint density at radius 3 is 2.45 bits per heavy atom. The molecule has 2 amide bonds. The lowest BCUT2D eigenvalue weighted by Crippen LogP contribution is -2.58. The molecule has 1 saturated carbocycles. The Morgan fingerprint density at radius 1 is 1.10 bits per heavy atom. The summed E-state index contributed by atoms with van der Waals surface area (Å²) in [6.07, 6.45) is 3.38. The van der Waals surface area contributed by atoms with Gasteiger partial charge in [0.1, 0.15) is 11.8 Å². The van der Waals surface area contributed by atoms with Crippen molar-refractivity contribution in [3.05, 3.63) is 33.8 Å². The number of halogens is 2. The third-order valence-electron chi connectivity index (χ3n) is 6.31. The van der Waals surface area contributed by atoms with Gasteiger partial charge in [0.05, 0.1) is 29.9 Å². The van der Waals surface area contributed by atoms with Crippen LogP contribution in [0.25, 0.3) is 0 Å². The molecule has 1 aromatic rings. The lowest BCUT2D eigenvalue weighted by molar-refractivity contribution is -0.141. The highest BCUT2D eigenvalue weighted by Gasteiger charge is 2.54. The summed E-state index contributed by atoms with van der Waals surface area (Å²) in [5.74, 6) is 0.277. The van der Waals surface area contributed by atoms with Crippen molar-refractivity contribution < 1.29 is 19.1 Å². The fraction of sp³-hybridized carbons (Fsp3) is 0.619. The standard InChI is InChI=1S/C21H26Cl2N2O4/c1-14-4-6-21(7-5-14)25(19(26)15-2-3-16(22)17(23)12-15)18(13-29-21)20(27)24-8-10-28-11-9-24/h2-3,12,14,18H,4-11,13H2,1H3/t14?,18-,21?/m1/s1. The quantitative estimate of drug-likeness (QED) is 0.704. The van der Waals surface area contributed by atoms with Crippen LogP contribution in [0.5, 0.6) is 0 Å². The Hall–Kier alpha value is -1.34. The molecular weight excluding hydrogens is 415 g/mol. The van der Waals surface area contributed by atoms with Crippen LogP contribution in [-0.2, 0) is 14.3 Å². The lowest BCUT2D eigenvalue weighted by atomic mass is 9.83. The van der Waals surface area contributed by atoms with Crippen molar-refractivity contribution in [2.45, 2.75) is 44.4 Å². The third-order valence-corrected chi connectivity index (χ3v) is 7.05. The van der Waals surface area contributed by atoms with Crippen molar-refractivity contribution in [3.8, 4) is 0 Å². The van der Waals surface area contributed by atoms with E-state index < -0.39 is 11.8 Å². The van der Waals surface area contributed by atoms with E-state index in [9.17, 15) is 9.59 Å². The molecule has 1 aliphatic carbocycles. The van der Waals surface area contributed by atoms with Crippen molar-refractivity contribution in [2.75, 3.05) is 32.9 Å². The van der Waals surface area contributed by atoms with Crippen molar-refractivity contribution in [2.24, 2.45) is 5.92 Å². The molecule has 0 radical (unpaired) electrons. The molecule has 2 saturated heterocycles. The van der Waals surface area contributed by atoms with E-state index in [1.165, 1.54) is 0 Å². The Balaban J connectivity index is 1.66. The van der Waals surface area contributed by atoms with Crippen LogP contribution in [0.1, 0.15) is 43.0 Å². The van der Waals surface area contributed by atoms with Crippen molar-refractivity contribution in [1.82, 2.24) is 9.80 Å². The molecule has 1 atom stereocenters. The summed E-state index contributed by atoms with van der Waals surface area (Å²) in [7, 11) is 0. The largest absolute Gasteiger partial charge is 0.378 e. The van der Waals surface area contributed by atoms with Crippen molar-refractivity contribution in [3.63, 3.8) is 0 Å². The first-order chi connectivity index (χ1) is 13.9. The topological polar surface area (TPSA) is 59.1 Å². The zero-order valence-corrected chi connectivity index (χ0v) is 18.0. The minimum atomic E-state index is -0.734. The highest BCUT2D eigenvalue weighted by atomic mass is 35.5. The molecule has 2 heterocycles. The van der Waals surface area contributed by atoms with Gasteiger partial charge < -0.3 is 14.4 Å². The second kappa shape index (κ2) is 8.42. The summed E-state index contributed by atoms with van der Waals surface area (Å²) in [4.78, 5) is 30.4. The summed E-state index contributed by atoms with van der Waals surface area (Å²) < 4.78 is 11.6. The number of hydrogen-bond acceptors (Lipinski definition) is 4. The summed E-state index contributed by atoms with van der Waals surface area (Å²) >= 11 is 12.2. The Morgan fingerprint density at radius 2 is 1.79 bits per heavy atom. The zero-order valence-electron chi connectivity index (χ0n) is 16.5. The SMILES string of the molecule is CC1CCC2(CC1)OC[C@H](C(=O)N1CCOCC1)N2C(=O)c1ccc(Cl)c(Cl)c1. The van der Waals surface area contributed by atoms with Gasteiger partial charge in [-0.1, -0.05) is 30.1 Å². The minimum absolute atomic E-state index is 0.0720. The molecule has 0 N–H and O–H groups in total. The van der Waals surface area contributed by atoms with Crippen LogP contribution in [0.3, 0.4) is 0 Å². The van der Waals surface area contributed by atoms with Crippen LogP contribution in [-0.4, -0.2) is 66.3 Å². The molecule has 0 unspecified atom stereocenters. The Labute approximate surface area is 181 Å². The predicted octanol–water partition coefficient (Wildman–Crippen LogP) is 3.60. The highest BCUT2D eigenvalue weighted by Crippen LogP contribution is 2.43. The van der Waals surface area contributed by atoms with E-state index in [1.54, 1.807) is 28.0 Å². The maximum Gasteiger partial charge on any atom is 0.256 e. The minimum Gasteiger partial charge on any atom is -0.378 e. The van der Waals surface area contributed by atoms with Gasteiger partial charge in [-0.3, -0.25) is 14.5 Å². The molecule has 29 heavy (non-hydrogen) atoms. The van der Waals surface area contributed by atoms with Gasteiger partial charge in [0.25, 0.3) is 5.91 Å². The average molecular weight is 441 g/mol. The van der Waals surface area contributed by atoms with Crippen molar-refractivity contribution >= 4 is 35.0 Å². The summed E-state index contributed by atoms with van der Waals surface area (Å²) in [5, 5.41) is 0.711. The van der Waals surface area contributed by atoms with Gasteiger partial charge in [-0.15, -0.1) is 0 Å². The third kappa shape index (κ3) is 4.00. The number of ether oxygens (including phenoxy) is 2. The summed E-state index contributed by atoms with van der Waals surface area (Å²) in [6.45, 7) is 4.54. The van der Waals surface area contributed by atoms with E-state index in [4.69, 9.17) is 32.7 Å². The summed E-state index contributed by atoms with van der Waals surface area (Å²) in [5.41, 5.74) is -0.315. The second-order valence-electron chi connectivity index (χ2n) is 8.20. The normalized spacial score (nSPS) is 30.0. The van der Waals surface area contributed by atoms with Crippen LogP contribution in [0.15, 0.2) is 18.2 Å².